The van der Waals surface area contributed by atoms with E-state index in [1.54, 1.807) is 11.9 Å². The van der Waals surface area contributed by atoms with Gasteiger partial charge in [-0.1, -0.05) is 31.2 Å². The summed E-state index contributed by atoms with van der Waals surface area (Å²) in [5.74, 6) is 3.29. The zero-order valence-electron chi connectivity index (χ0n) is 18.5. The van der Waals surface area contributed by atoms with E-state index in [0.717, 1.165) is 52.5 Å². The fourth-order valence-electron chi connectivity index (χ4n) is 3.72. The summed E-state index contributed by atoms with van der Waals surface area (Å²) in [6, 6.07) is 11.9. The molecule has 4 rings (SSSR count). The molecule has 0 unspecified atom stereocenters. The first kappa shape index (κ1) is 21.6. The van der Waals surface area contributed by atoms with Crippen molar-refractivity contribution in [2.75, 3.05) is 43.9 Å². The highest BCUT2D eigenvalue weighted by Crippen LogP contribution is 2.44. The Morgan fingerprint density at radius 2 is 2.06 bits per heavy atom. The third kappa shape index (κ3) is 5.01. The van der Waals surface area contributed by atoms with Crippen LogP contribution in [0.2, 0.25) is 0 Å². The number of rotatable bonds is 9. The van der Waals surface area contributed by atoms with Crippen molar-refractivity contribution in [3.63, 3.8) is 0 Å². The van der Waals surface area contributed by atoms with E-state index in [1.165, 1.54) is 12.8 Å². The Morgan fingerprint density at radius 3 is 2.77 bits per heavy atom. The van der Waals surface area contributed by atoms with Crippen molar-refractivity contribution in [3.05, 3.63) is 59.3 Å². The molecule has 0 radical (unpaired) electrons. The zero-order chi connectivity index (χ0) is 21.8. The number of anilines is 1. The second-order valence-corrected chi connectivity index (χ2v) is 9.43. The van der Waals surface area contributed by atoms with E-state index in [4.69, 9.17) is 9.47 Å². The molecule has 31 heavy (non-hydrogen) atoms. The van der Waals surface area contributed by atoms with Crippen LogP contribution in [0.5, 0.6) is 11.5 Å². The molecule has 1 aliphatic carbocycles. The van der Waals surface area contributed by atoms with E-state index in [1.807, 2.05) is 49.3 Å². The fourth-order valence-corrected chi connectivity index (χ4v) is 4.52. The van der Waals surface area contributed by atoms with E-state index < -0.39 is 0 Å². The summed E-state index contributed by atoms with van der Waals surface area (Å²) in [6.45, 7) is 4.37. The van der Waals surface area contributed by atoms with Crippen LogP contribution in [-0.4, -0.2) is 50.8 Å². The van der Waals surface area contributed by atoms with Crippen LogP contribution in [0.25, 0.3) is 5.57 Å². The number of carbonyl (C=O) groups excluding carboxylic acids is 1. The summed E-state index contributed by atoms with van der Waals surface area (Å²) in [7, 11) is 3.99. The van der Waals surface area contributed by atoms with Crippen LogP contribution in [0, 0.1) is 5.92 Å². The minimum Gasteiger partial charge on any atom is -0.493 e. The average Bonchev–Trinajstić information content (AvgIpc) is 3.60. The first-order chi connectivity index (χ1) is 15.1. The molecule has 2 aromatic carbocycles. The van der Waals surface area contributed by atoms with Crippen LogP contribution < -0.4 is 13.8 Å². The van der Waals surface area contributed by atoms with E-state index in [0.29, 0.717) is 24.7 Å². The minimum atomic E-state index is 0.639. The number of hydrogen-bond donors (Lipinski definition) is 0. The van der Waals surface area contributed by atoms with E-state index in [9.17, 15) is 4.79 Å². The molecular formula is C25H30N2O3S. The highest BCUT2D eigenvalue weighted by atomic mass is 32.2. The van der Waals surface area contributed by atoms with Gasteiger partial charge in [0.1, 0.15) is 18.1 Å². The van der Waals surface area contributed by atoms with E-state index in [2.05, 4.69) is 23.5 Å². The molecule has 2 aromatic rings. The normalized spacial score (nSPS) is 15.8. The molecule has 1 saturated carbocycles. The summed E-state index contributed by atoms with van der Waals surface area (Å²) >= 11 is 1.79. The van der Waals surface area contributed by atoms with E-state index >= 15 is 0 Å². The van der Waals surface area contributed by atoms with Crippen molar-refractivity contribution in [2.24, 2.45) is 5.92 Å². The maximum Gasteiger partial charge on any atom is 0.150 e. The highest BCUT2D eigenvalue weighted by Gasteiger charge is 2.27. The quantitative estimate of drug-likeness (QED) is 0.401. The SMILES string of the molecule is CCSN1CCOc2cc(OCC3CC3)c(/C(=C/N(C)C)c3ccccc3C=O)cc21. The molecule has 0 spiro atoms. The van der Waals surface area contributed by atoms with Gasteiger partial charge in [-0.05, 0) is 42.3 Å². The third-order valence-electron chi connectivity index (χ3n) is 5.39. The summed E-state index contributed by atoms with van der Waals surface area (Å²) in [6.07, 6.45) is 5.44. The molecule has 0 N–H and O–H groups in total. The van der Waals surface area contributed by atoms with Crippen LogP contribution in [0.4, 0.5) is 5.69 Å². The summed E-state index contributed by atoms with van der Waals surface area (Å²) < 4.78 is 14.6. The number of hydrogen-bond acceptors (Lipinski definition) is 6. The van der Waals surface area contributed by atoms with Crippen LogP contribution in [-0.2, 0) is 0 Å². The predicted molar refractivity (Wildman–Crippen MR) is 128 cm³/mol. The van der Waals surface area contributed by atoms with Crippen molar-refractivity contribution in [1.82, 2.24) is 4.90 Å². The lowest BCUT2D eigenvalue weighted by atomic mass is 9.93. The lowest BCUT2D eigenvalue weighted by Crippen LogP contribution is -2.27. The van der Waals surface area contributed by atoms with Gasteiger partial charge in [0, 0.05) is 48.8 Å². The molecule has 6 heteroatoms. The molecule has 164 valence electrons. The molecular weight excluding hydrogens is 408 g/mol. The van der Waals surface area contributed by atoms with Crippen molar-refractivity contribution in [3.8, 4) is 11.5 Å². The molecule has 2 aliphatic rings. The predicted octanol–water partition coefficient (Wildman–Crippen LogP) is 5.11. The summed E-state index contributed by atoms with van der Waals surface area (Å²) in [5, 5.41) is 0. The van der Waals surface area contributed by atoms with Gasteiger partial charge in [0.15, 0.2) is 6.29 Å². The number of benzene rings is 2. The largest absolute Gasteiger partial charge is 0.493 e. The molecule has 1 fully saturated rings. The second kappa shape index (κ2) is 9.69. The lowest BCUT2D eigenvalue weighted by molar-refractivity contribution is 0.112. The Kier molecular flexibility index (Phi) is 6.76. The van der Waals surface area contributed by atoms with Gasteiger partial charge in [0.05, 0.1) is 18.8 Å². The van der Waals surface area contributed by atoms with Crippen LogP contribution in [0.1, 0.15) is 41.3 Å². The summed E-state index contributed by atoms with van der Waals surface area (Å²) in [5.41, 5.74) is 4.56. The molecule has 0 bridgehead atoms. The van der Waals surface area contributed by atoms with Gasteiger partial charge in [-0.3, -0.25) is 4.79 Å². The maximum atomic E-state index is 11.8. The van der Waals surface area contributed by atoms with E-state index in [-0.39, 0.29) is 0 Å². The molecule has 0 saturated heterocycles. The average molecular weight is 439 g/mol. The van der Waals surface area contributed by atoms with Gasteiger partial charge >= 0.3 is 0 Å². The lowest BCUT2D eigenvalue weighted by Gasteiger charge is -2.31. The molecule has 0 aromatic heterocycles. The summed E-state index contributed by atoms with van der Waals surface area (Å²) in [4.78, 5) is 13.8. The molecule has 1 aliphatic heterocycles. The third-order valence-corrected chi connectivity index (χ3v) is 6.34. The number of fused-ring (bicyclic) bond motifs is 1. The van der Waals surface area contributed by atoms with Crippen molar-refractivity contribution >= 4 is 29.5 Å². The van der Waals surface area contributed by atoms with Crippen molar-refractivity contribution < 1.29 is 14.3 Å². The minimum absolute atomic E-state index is 0.639. The van der Waals surface area contributed by atoms with Crippen LogP contribution in [0.15, 0.2) is 42.6 Å². The first-order valence-electron chi connectivity index (χ1n) is 10.9. The smallest absolute Gasteiger partial charge is 0.150 e. The van der Waals surface area contributed by atoms with Crippen molar-refractivity contribution in [1.29, 1.82) is 0 Å². The van der Waals surface area contributed by atoms with Crippen LogP contribution in [0.3, 0.4) is 0 Å². The van der Waals surface area contributed by atoms with Gasteiger partial charge in [0.2, 0.25) is 0 Å². The number of ether oxygens (including phenoxy) is 2. The Bertz CT molecular complexity index is 969. The van der Waals surface area contributed by atoms with Gasteiger partial charge < -0.3 is 18.7 Å². The zero-order valence-corrected chi connectivity index (χ0v) is 19.3. The van der Waals surface area contributed by atoms with Gasteiger partial charge in [-0.2, -0.15) is 0 Å². The van der Waals surface area contributed by atoms with Crippen molar-refractivity contribution in [2.45, 2.75) is 19.8 Å². The number of aldehydes is 1. The fraction of sp³-hybridized carbons (Fsp3) is 0.400. The second-order valence-electron chi connectivity index (χ2n) is 8.15. The monoisotopic (exact) mass is 438 g/mol. The maximum absolute atomic E-state index is 11.8. The standard InChI is InChI=1S/C25H30N2O3S/c1-4-31-27-11-12-29-25-14-24(30-17-18-9-10-18)21(13-23(25)27)22(15-26(2)3)20-8-6-5-7-19(20)16-28/h5-8,13-16,18H,4,9-12,17H2,1-3H3/b22-15+. The van der Waals surface area contributed by atoms with Gasteiger partial charge in [0.25, 0.3) is 0 Å². The Labute approximate surface area is 189 Å². The first-order valence-corrected chi connectivity index (χ1v) is 11.8. The Balaban J connectivity index is 1.87. The van der Waals surface area contributed by atoms with Gasteiger partial charge in [-0.15, -0.1) is 0 Å². The van der Waals surface area contributed by atoms with Crippen LogP contribution >= 0.6 is 11.9 Å². The number of carbonyl (C=O) groups is 1. The molecule has 0 atom stereocenters. The Morgan fingerprint density at radius 1 is 1.26 bits per heavy atom. The Hall–Kier alpha value is -2.60. The molecule has 0 amide bonds. The topological polar surface area (TPSA) is 42.0 Å². The molecule has 1 heterocycles. The highest BCUT2D eigenvalue weighted by molar-refractivity contribution is 8.00. The molecule has 5 nitrogen and oxygen atoms in total. The van der Waals surface area contributed by atoms with Gasteiger partial charge in [-0.25, -0.2) is 0 Å². The number of nitrogens with zero attached hydrogens (tertiary/aromatic N) is 2.